The molecule has 2 fully saturated rings. The van der Waals surface area contributed by atoms with Crippen LogP contribution in [-0.2, 0) is 4.74 Å². The van der Waals surface area contributed by atoms with Crippen LogP contribution in [0.4, 0.5) is 0 Å². The molecule has 82 valence electrons. The van der Waals surface area contributed by atoms with Crippen LogP contribution in [0.3, 0.4) is 0 Å². The number of rotatable bonds is 4. The SMILES string of the molecule is CC(C)C1(CNC2CCCOC2)CC1. The van der Waals surface area contributed by atoms with Gasteiger partial charge in [-0.05, 0) is 37.0 Å². The molecule has 0 aromatic heterocycles. The van der Waals surface area contributed by atoms with Gasteiger partial charge in [0.2, 0.25) is 0 Å². The maximum atomic E-state index is 5.47. The van der Waals surface area contributed by atoms with Gasteiger partial charge in [-0.3, -0.25) is 0 Å². The van der Waals surface area contributed by atoms with Gasteiger partial charge in [-0.25, -0.2) is 0 Å². The van der Waals surface area contributed by atoms with Crippen molar-refractivity contribution in [3.05, 3.63) is 0 Å². The van der Waals surface area contributed by atoms with Gasteiger partial charge in [0.15, 0.2) is 0 Å². The van der Waals surface area contributed by atoms with Gasteiger partial charge in [0.25, 0.3) is 0 Å². The highest BCUT2D eigenvalue weighted by molar-refractivity contribution is 4.97. The van der Waals surface area contributed by atoms with Crippen LogP contribution in [0.5, 0.6) is 0 Å². The van der Waals surface area contributed by atoms with Gasteiger partial charge in [0.1, 0.15) is 0 Å². The second-order valence-corrected chi connectivity index (χ2v) is 5.31. The quantitative estimate of drug-likeness (QED) is 0.746. The number of ether oxygens (including phenoxy) is 1. The van der Waals surface area contributed by atoms with Gasteiger partial charge in [-0.2, -0.15) is 0 Å². The Morgan fingerprint density at radius 2 is 2.21 bits per heavy atom. The zero-order valence-electron chi connectivity index (χ0n) is 9.51. The highest BCUT2D eigenvalue weighted by Gasteiger charge is 2.45. The average Bonchev–Trinajstić information content (AvgIpc) is 2.97. The zero-order valence-corrected chi connectivity index (χ0v) is 9.51. The van der Waals surface area contributed by atoms with E-state index in [2.05, 4.69) is 19.2 Å². The van der Waals surface area contributed by atoms with Crippen molar-refractivity contribution in [2.45, 2.75) is 45.6 Å². The molecule has 1 unspecified atom stereocenters. The summed E-state index contributed by atoms with van der Waals surface area (Å²) in [5.41, 5.74) is 0.636. The lowest BCUT2D eigenvalue weighted by Gasteiger charge is -2.27. The maximum absolute atomic E-state index is 5.47. The van der Waals surface area contributed by atoms with Crippen LogP contribution in [0, 0.1) is 11.3 Å². The number of hydrogen-bond donors (Lipinski definition) is 1. The minimum atomic E-state index is 0.625. The summed E-state index contributed by atoms with van der Waals surface area (Å²) in [7, 11) is 0. The molecule has 2 heteroatoms. The van der Waals surface area contributed by atoms with Crippen molar-refractivity contribution >= 4 is 0 Å². The average molecular weight is 197 g/mol. The normalized spacial score (nSPS) is 30.6. The molecule has 0 aromatic rings. The van der Waals surface area contributed by atoms with Crippen molar-refractivity contribution in [1.29, 1.82) is 0 Å². The molecule has 1 saturated carbocycles. The number of hydrogen-bond acceptors (Lipinski definition) is 2. The van der Waals surface area contributed by atoms with Crippen molar-refractivity contribution in [3.63, 3.8) is 0 Å². The summed E-state index contributed by atoms with van der Waals surface area (Å²) in [5, 5.41) is 3.68. The molecule has 2 nitrogen and oxygen atoms in total. The second kappa shape index (κ2) is 4.19. The summed E-state index contributed by atoms with van der Waals surface area (Å²) in [6.07, 6.45) is 5.37. The summed E-state index contributed by atoms with van der Waals surface area (Å²) in [5.74, 6) is 0.833. The molecule has 1 aliphatic carbocycles. The third kappa shape index (κ3) is 2.29. The van der Waals surface area contributed by atoms with Crippen LogP contribution in [-0.4, -0.2) is 25.8 Å². The maximum Gasteiger partial charge on any atom is 0.0619 e. The van der Waals surface area contributed by atoms with Crippen LogP contribution in [0.2, 0.25) is 0 Å². The first kappa shape index (κ1) is 10.4. The summed E-state index contributed by atoms with van der Waals surface area (Å²) in [4.78, 5) is 0. The van der Waals surface area contributed by atoms with Gasteiger partial charge in [0.05, 0.1) is 6.61 Å². The first-order valence-electron chi connectivity index (χ1n) is 6.04. The van der Waals surface area contributed by atoms with Crippen molar-refractivity contribution in [1.82, 2.24) is 5.32 Å². The van der Waals surface area contributed by atoms with Crippen LogP contribution in [0.25, 0.3) is 0 Å². The Bertz CT molecular complexity index is 181. The Labute approximate surface area is 87.4 Å². The van der Waals surface area contributed by atoms with E-state index in [0.717, 1.165) is 19.1 Å². The Morgan fingerprint density at radius 1 is 1.43 bits per heavy atom. The lowest BCUT2D eigenvalue weighted by Crippen LogP contribution is -2.40. The number of nitrogens with one attached hydrogen (secondary N) is 1. The molecule has 14 heavy (non-hydrogen) atoms. The van der Waals surface area contributed by atoms with E-state index in [1.807, 2.05) is 0 Å². The van der Waals surface area contributed by atoms with E-state index in [-0.39, 0.29) is 0 Å². The minimum absolute atomic E-state index is 0.625. The Hall–Kier alpha value is -0.0800. The molecule has 0 spiro atoms. The largest absolute Gasteiger partial charge is 0.380 e. The van der Waals surface area contributed by atoms with Crippen molar-refractivity contribution in [2.75, 3.05) is 19.8 Å². The minimum Gasteiger partial charge on any atom is -0.380 e. The standard InChI is InChI=1S/C12H23NO/c1-10(2)12(5-6-12)9-13-11-4-3-7-14-8-11/h10-11,13H,3-9H2,1-2H3. The predicted octanol–water partition coefficient (Wildman–Crippen LogP) is 2.19. The van der Waals surface area contributed by atoms with Crippen molar-refractivity contribution < 1.29 is 4.74 Å². The van der Waals surface area contributed by atoms with E-state index in [0.29, 0.717) is 11.5 Å². The monoisotopic (exact) mass is 197 g/mol. The van der Waals surface area contributed by atoms with Crippen LogP contribution in [0.15, 0.2) is 0 Å². The van der Waals surface area contributed by atoms with E-state index in [9.17, 15) is 0 Å². The molecular formula is C12H23NO. The Kier molecular flexibility index (Phi) is 3.13. The Morgan fingerprint density at radius 3 is 2.71 bits per heavy atom. The van der Waals surface area contributed by atoms with Crippen LogP contribution >= 0.6 is 0 Å². The fourth-order valence-corrected chi connectivity index (χ4v) is 2.37. The first-order chi connectivity index (χ1) is 6.73. The predicted molar refractivity (Wildman–Crippen MR) is 58.3 cm³/mol. The highest BCUT2D eigenvalue weighted by atomic mass is 16.5. The van der Waals surface area contributed by atoms with Crippen LogP contribution in [0.1, 0.15) is 39.5 Å². The van der Waals surface area contributed by atoms with Crippen molar-refractivity contribution in [2.24, 2.45) is 11.3 Å². The third-order valence-corrected chi connectivity index (χ3v) is 4.02. The topological polar surface area (TPSA) is 21.3 Å². The summed E-state index contributed by atoms with van der Waals surface area (Å²) in [6, 6.07) is 0.625. The molecule has 2 aliphatic rings. The molecule has 1 N–H and O–H groups in total. The molecular weight excluding hydrogens is 174 g/mol. The molecule has 0 bridgehead atoms. The van der Waals surface area contributed by atoms with Gasteiger partial charge in [0, 0.05) is 19.2 Å². The van der Waals surface area contributed by atoms with E-state index in [4.69, 9.17) is 4.74 Å². The molecule has 2 rings (SSSR count). The molecule has 0 aromatic carbocycles. The highest BCUT2D eigenvalue weighted by Crippen LogP contribution is 2.51. The van der Waals surface area contributed by atoms with Crippen LogP contribution < -0.4 is 5.32 Å². The van der Waals surface area contributed by atoms with E-state index in [1.54, 1.807) is 0 Å². The van der Waals surface area contributed by atoms with Gasteiger partial charge >= 0.3 is 0 Å². The molecule has 1 heterocycles. The molecule has 0 radical (unpaired) electrons. The molecule has 0 amide bonds. The lowest BCUT2D eigenvalue weighted by atomic mass is 9.92. The van der Waals surface area contributed by atoms with E-state index in [1.165, 1.54) is 32.2 Å². The summed E-state index contributed by atoms with van der Waals surface area (Å²) < 4.78 is 5.47. The second-order valence-electron chi connectivity index (χ2n) is 5.31. The Balaban J connectivity index is 1.71. The molecule has 1 saturated heterocycles. The molecule has 1 aliphatic heterocycles. The first-order valence-corrected chi connectivity index (χ1v) is 6.04. The van der Waals surface area contributed by atoms with E-state index >= 15 is 0 Å². The zero-order chi connectivity index (χ0) is 10.0. The third-order valence-electron chi connectivity index (χ3n) is 4.02. The van der Waals surface area contributed by atoms with Gasteiger partial charge in [-0.1, -0.05) is 13.8 Å². The van der Waals surface area contributed by atoms with E-state index < -0.39 is 0 Å². The fraction of sp³-hybridized carbons (Fsp3) is 1.00. The van der Waals surface area contributed by atoms with Crippen molar-refractivity contribution in [3.8, 4) is 0 Å². The fourth-order valence-electron chi connectivity index (χ4n) is 2.37. The smallest absolute Gasteiger partial charge is 0.0619 e. The molecule has 1 atom stereocenters. The van der Waals surface area contributed by atoms with Gasteiger partial charge in [-0.15, -0.1) is 0 Å². The summed E-state index contributed by atoms with van der Waals surface area (Å²) >= 11 is 0. The van der Waals surface area contributed by atoms with Gasteiger partial charge < -0.3 is 10.1 Å². The lowest BCUT2D eigenvalue weighted by molar-refractivity contribution is 0.0675. The summed E-state index contributed by atoms with van der Waals surface area (Å²) in [6.45, 7) is 7.80.